The first-order valence-electron chi connectivity index (χ1n) is 5.43. The van der Waals surface area contributed by atoms with E-state index in [1.54, 1.807) is 12.4 Å². The lowest BCUT2D eigenvalue weighted by Gasteiger charge is -2.06. The topological polar surface area (TPSA) is 67.8 Å². The maximum absolute atomic E-state index is 13.0. The van der Waals surface area contributed by atoms with Gasteiger partial charge in [0.15, 0.2) is 0 Å². The van der Waals surface area contributed by atoms with Crippen LogP contribution in [0.1, 0.15) is 21.7 Å². The zero-order valence-corrected chi connectivity index (χ0v) is 10.8. The fraction of sp³-hybridized carbons (Fsp3) is 0.167. The molecule has 0 bridgehead atoms. The van der Waals surface area contributed by atoms with Gasteiger partial charge in [-0.2, -0.15) is 0 Å². The van der Waals surface area contributed by atoms with Crippen LogP contribution in [0.4, 0.5) is 4.39 Å². The molecule has 0 saturated carbocycles. The molecular weight excluding hydrogens is 271 g/mol. The van der Waals surface area contributed by atoms with Gasteiger partial charge < -0.3 is 5.32 Å². The maximum atomic E-state index is 13.0. The average molecular weight is 281 g/mol. The molecule has 0 saturated heterocycles. The molecule has 1 amide bonds. The van der Waals surface area contributed by atoms with Gasteiger partial charge in [-0.1, -0.05) is 11.6 Å². The Morgan fingerprint density at radius 3 is 2.79 bits per heavy atom. The molecular formula is C12H10ClFN4O. The summed E-state index contributed by atoms with van der Waals surface area (Å²) in [7, 11) is 0. The first-order valence-corrected chi connectivity index (χ1v) is 5.81. The first-order chi connectivity index (χ1) is 9.06. The highest BCUT2D eigenvalue weighted by Gasteiger charge is 2.12. The van der Waals surface area contributed by atoms with Crippen LogP contribution in [-0.4, -0.2) is 20.9 Å². The monoisotopic (exact) mass is 280 g/mol. The standard InChI is InChI=1S/C12H10ClFN4O/c1-7-3-16-9(5-15-7)6-18-12(19)10-2-8(14)4-17-11(10)13/h2-5H,6H2,1H3,(H,18,19). The van der Waals surface area contributed by atoms with E-state index in [9.17, 15) is 9.18 Å². The van der Waals surface area contributed by atoms with Crippen molar-refractivity contribution in [3.63, 3.8) is 0 Å². The van der Waals surface area contributed by atoms with Gasteiger partial charge in [-0.3, -0.25) is 14.8 Å². The lowest BCUT2D eigenvalue weighted by Crippen LogP contribution is -2.24. The molecule has 0 spiro atoms. The second kappa shape index (κ2) is 5.71. The van der Waals surface area contributed by atoms with Crippen LogP contribution in [0.15, 0.2) is 24.7 Å². The molecule has 0 aliphatic carbocycles. The highest BCUT2D eigenvalue weighted by molar-refractivity contribution is 6.32. The summed E-state index contributed by atoms with van der Waals surface area (Å²) in [6.45, 7) is 1.99. The van der Waals surface area contributed by atoms with Crippen molar-refractivity contribution in [2.45, 2.75) is 13.5 Å². The molecule has 0 aliphatic rings. The van der Waals surface area contributed by atoms with E-state index in [0.717, 1.165) is 18.0 Å². The highest BCUT2D eigenvalue weighted by atomic mass is 35.5. The van der Waals surface area contributed by atoms with Gasteiger partial charge in [0.1, 0.15) is 11.0 Å². The van der Waals surface area contributed by atoms with Gasteiger partial charge in [-0.05, 0) is 13.0 Å². The third kappa shape index (κ3) is 3.45. The summed E-state index contributed by atoms with van der Waals surface area (Å²) >= 11 is 5.73. The molecule has 1 N–H and O–H groups in total. The molecule has 0 aromatic carbocycles. The third-order valence-corrected chi connectivity index (χ3v) is 2.62. The van der Waals surface area contributed by atoms with Crippen molar-refractivity contribution in [1.82, 2.24) is 20.3 Å². The number of nitrogens with one attached hydrogen (secondary N) is 1. The van der Waals surface area contributed by atoms with E-state index in [-0.39, 0.29) is 17.3 Å². The van der Waals surface area contributed by atoms with Gasteiger partial charge in [0.05, 0.1) is 35.9 Å². The van der Waals surface area contributed by atoms with E-state index < -0.39 is 11.7 Å². The van der Waals surface area contributed by atoms with Crippen LogP contribution < -0.4 is 5.32 Å². The summed E-state index contributed by atoms with van der Waals surface area (Å²) in [5.41, 5.74) is 1.37. The van der Waals surface area contributed by atoms with Crippen molar-refractivity contribution in [3.8, 4) is 0 Å². The van der Waals surface area contributed by atoms with Gasteiger partial charge in [-0.15, -0.1) is 0 Å². The number of halogens is 2. The minimum absolute atomic E-state index is 0.0123. The fourth-order valence-electron chi connectivity index (χ4n) is 1.36. The molecule has 2 aromatic rings. The van der Waals surface area contributed by atoms with E-state index in [2.05, 4.69) is 20.3 Å². The predicted octanol–water partition coefficient (Wildman–Crippen LogP) is 1.90. The minimum atomic E-state index is -0.621. The van der Waals surface area contributed by atoms with E-state index in [1.165, 1.54) is 0 Å². The molecule has 7 heteroatoms. The summed E-state index contributed by atoms with van der Waals surface area (Å²) in [6.07, 6.45) is 4.10. The van der Waals surface area contributed by atoms with E-state index in [0.29, 0.717) is 5.69 Å². The summed E-state index contributed by atoms with van der Waals surface area (Å²) in [6, 6.07) is 1.03. The summed E-state index contributed by atoms with van der Waals surface area (Å²) < 4.78 is 13.0. The molecule has 19 heavy (non-hydrogen) atoms. The Morgan fingerprint density at radius 2 is 2.11 bits per heavy atom. The van der Waals surface area contributed by atoms with Gasteiger partial charge in [0.25, 0.3) is 5.91 Å². The van der Waals surface area contributed by atoms with Crippen molar-refractivity contribution < 1.29 is 9.18 Å². The van der Waals surface area contributed by atoms with E-state index in [4.69, 9.17) is 11.6 Å². The second-order valence-electron chi connectivity index (χ2n) is 3.82. The molecule has 0 fully saturated rings. The molecule has 0 aliphatic heterocycles. The second-order valence-corrected chi connectivity index (χ2v) is 4.18. The van der Waals surface area contributed by atoms with Gasteiger partial charge in [0, 0.05) is 6.20 Å². The molecule has 0 radical (unpaired) electrons. The Hall–Kier alpha value is -2.08. The number of nitrogens with zero attached hydrogens (tertiary/aromatic N) is 3. The Balaban J connectivity index is 2.05. The van der Waals surface area contributed by atoms with Crippen LogP contribution in [0.5, 0.6) is 0 Å². The smallest absolute Gasteiger partial charge is 0.254 e. The lowest BCUT2D eigenvalue weighted by atomic mass is 10.2. The van der Waals surface area contributed by atoms with E-state index >= 15 is 0 Å². The molecule has 0 unspecified atom stereocenters. The van der Waals surface area contributed by atoms with Gasteiger partial charge >= 0.3 is 0 Å². The first kappa shape index (κ1) is 13.4. The summed E-state index contributed by atoms with van der Waals surface area (Å²) in [4.78, 5) is 23.5. The summed E-state index contributed by atoms with van der Waals surface area (Å²) in [5, 5.41) is 2.52. The van der Waals surface area contributed by atoms with E-state index in [1.807, 2.05) is 6.92 Å². The van der Waals surface area contributed by atoms with Crippen molar-refractivity contribution in [2.75, 3.05) is 0 Å². The molecule has 0 atom stereocenters. The van der Waals surface area contributed by atoms with Crippen molar-refractivity contribution in [3.05, 3.63) is 52.6 Å². The van der Waals surface area contributed by atoms with Gasteiger partial charge in [-0.25, -0.2) is 9.37 Å². The van der Waals surface area contributed by atoms with Crippen LogP contribution in [0, 0.1) is 12.7 Å². The number of hydrogen-bond acceptors (Lipinski definition) is 4. The zero-order chi connectivity index (χ0) is 13.8. The van der Waals surface area contributed by atoms with Gasteiger partial charge in [0.2, 0.25) is 0 Å². The molecule has 5 nitrogen and oxygen atoms in total. The Kier molecular flexibility index (Phi) is 4.01. The number of carbonyl (C=O) groups excluding carboxylic acids is 1. The number of carbonyl (C=O) groups is 1. The highest BCUT2D eigenvalue weighted by Crippen LogP contribution is 2.13. The quantitative estimate of drug-likeness (QED) is 0.872. The number of pyridine rings is 1. The van der Waals surface area contributed by atoms with Crippen molar-refractivity contribution >= 4 is 17.5 Å². The Morgan fingerprint density at radius 1 is 1.32 bits per heavy atom. The predicted molar refractivity (Wildman–Crippen MR) is 67.1 cm³/mol. The molecule has 98 valence electrons. The average Bonchev–Trinajstić information content (AvgIpc) is 2.40. The minimum Gasteiger partial charge on any atom is -0.346 e. The SMILES string of the molecule is Cc1cnc(CNC(=O)c2cc(F)cnc2Cl)cn1. The van der Waals surface area contributed by atoms with Crippen LogP contribution in [0.3, 0.4) is 0 Å². The number of aryl methyl sites for hydroxylation is 1. The number of rotatable bonds is 3. The summed E-state index contributed by atoms with van der Waals surface area (Å²) in [5.74, 6) is -1.14. The van der Waals surface area contributed by atoms with Crippen LogP contribution in [0.2, 0.25) is 5.15 Å². The Bertz CT molecular complexity index is 603. The van der Waals surface area contributed by atoms with Crippen LogP contribution in [0.25, 0.3) is 0 Å². The number of aromatic nitrogens is 3. The lowest BCUT2D eigenvalue weighted by molar-refractivity contribution is 0.0949. The third-order valence-electron chi connectivity index (χ3n) is 2.31. The van der Waals surface area contributed by atoms with Crippen LogP contribution in [-0.2, 0) is 6.54 Å². The molecule has 2 rings (SSSR count). The van der Waals surface area contributed by atoms with Crippen molar-refractivity contribution in [2.24, 2.45) is 0 Å². The fourth-order valence-corrected chi connectivity index (χ4v) is 1.55. The Labute approximate surface area is 113 Å². The van der Waals surface area contributed by atoms with Crippen molar-refractivity contribution in [1.29, 1.82) is 0 Å². The zero-order valence-electron chi connectivity index (χ0n) is 10.0. The normalized spacial score (nSPS) is 10.3. The maximum Gasteiger partial charge on any atom is 0.254 e. The molecule has 2 heterocycles. The number of amides is 1. The van der Waals surface area contributed by atoms with Crippen LogP contribution >= 0.6 is 11.6 Å². The largest absolute Gasteiger partial charge is 0.346 e. The molecule has 2 aromatic heterocycles. The number of hydrogen-bond donors (Lipinski definition) is 1.